The van der Waals surface area contributed by atoms with Crippen LogP contribution in [0.3, 0.4) is 0 Å². The Kier molecular flexibility index (Phi) is 5.44. The largest absolute Gasteiger partial charge is 0.382 e. The van der Waals surface area contributed by atoms with Crippen molar-refractivity contribution in [1.82, 2.24) is 14.7 Å². The molecule has 1 rings (SSSR count). The lowest BCUT2D eigenvalue weighted by molar-refractivity contribution is 0.405. The average Bonchev–Trinajstić information content (AvgIpc) is 2.29. The topological polar surface area (TPSA) is 50.2 Å². The van der Waals surface area contributed by atoms with Crippen molar-refractivity contribution in [1.29, 1.82) is 0 Å². The lowest BCUT2D eigenvalue weighted by atomic mass is 10.3. The highest BCUT2D eigenvalue weighted by Crippen LogP contribution is 2.14. The maximum atomic E-state index is 11.7. The van der Waals surface area contributed by atoms with Gasteiger partial charge in [-0.25, -0.2) is 4.68 Å². The third-order valence-electron chi connectivity index (χ3n) is 2.38. The van der Waals surface area contributed by atoms with Crippen LogP contribution in [0.1, 0.15) is 13.3 Å². The van der Waals surface area contributed by atoms with Gasteiger partial charge in [0.05, 0.1) is 11.9 Å². The highest BCUT2D eigenvalue weighted by Gasteiger charge is 2.07. The second kappa shape index (κ2) is 6.61. The molecule has 1 aromatic rings. The first-order valence-electron chi connectivity index (χ1n) is 5.70. The van der Waals surface area contributed by atoms with E-state index in [-0.39, 0.29) is 10.6 Å². The molecule has 6 heteroatoms. The maximum absolute atomic E-state index is 11.7. The number of anilines is 1. The van der Waals surface area contributed by atoms with Gasteiger partial charge < -0.3 is 10.2 Å². The fourth-order valence-electron chi connectivity index (χ4n) is 1.43. The van der Waals surface area contributed by atoms with Crippen LogP contribution in [0.5, 0.6) is 0 Å². The third kappa shape index (κ3) is 4.02. The monoisotopic (exact) mass is 258 g/mol. The van der Waals surface area contributed by atoms with Crippen molar-refractivity contribution in [2.45, 2.75) is 19.9 Å². The van der Waals surface area contributed by atoms with Gasteiger partial charge in [0.25, 0.3) is 5.56 Å². The summed E-state index contributed by atoms with van der Waals surface area (Å²) >= 11 is 5.97. The zero-order chi connectivity index (χ0) is 12.8. The van der Waals surface area contributed by atoms with E-state index < -0.39 is 0 Å². The molecule has 0 spiro atoms. The number of hydrogen-bond donors (Lipinski definition) is 1. The Bertz CT molecular complexity index is 416. The quantitative estimate of drug-likeness (QED) is 0.781. The van der Waals surface area contributed by atoms with Gasteiger partial charge in [-0.1, -0.05) is 11.6 Å². The van der Waals surface area contributed by atoms with E-state index in [1.54, 1.807) is 6.20 Å². The van der Waals surface area contributed by atoms with Crippen LogP contribution < -0.4 is 10.9 Å². The van der Waals surface area contributed by atoms with E-state index in [0.29, 0.717) is 12.2 Å². The Hall–Kier alpha value is -1.07. The number of rotatable bonds is 6. The zero-order valence-corrected chi connectivity index (χ0v) is 11.3. The number of halogens is 1. The predicted molar refractivity (Wildman–Crippen MR) is 70.8 cm³/mol. The van der Waals surface area contributed by atoms with E-state index in [9.17, 15) is 4.79 Å². The first-order chi connectivity index (χ1) is 8.06. The van der Waals surface area contributed by atoms with Crippen LogP contribution >= 0.6 is 11.6 Å². The number of aryl methyl sites for hydroxylation is 1. The van der Waals surface area contributed by atoms with E-state index in [1.807, 2.05) is 21.0 Å². The number of nitrogens with zero attached hydrogens (tertiary/aromatic N) is 3. The van der Waals surface area contributed by atoms with Crippen molar-refractivity contribution in [2.24, 2.45) is 0 Å². The molecule has 1 heterocycles. The van der Waals surface area contributed by atoms with Crippen LogP contribution in [-0.2, 0) is 6.54 Å². The Balaban J connectivity index is 2.61. The van der Waals surface area contributed by atoms with Crippen molar-refractivity contribution in [3.8, 4) is 0 Å². The maximum Gasteiger partial charge on any atom is 0.287 e. The van der Waals surface area contributed by atoms with Crippen molar-refractivity contribution >= 4 is 17.3 Å². The van der Waals surface area contributed by atoms with Crippen molar-refractivity contribution in [2.75, 3.05) is 32.5 Å². The molecule has 0 fully saturated rings. The van der Waals surface area contributed by atoms with Gasteiger partial charge in [-0.15, -0.1) is 0 Å². The van der Waals surface area contributed by atoms with E-state index in [4.69, 9.17) is 11.6 Å². The average molecular weight is 259 g/mol. The molecular weight excluding hydrogens is 240 g/mol. The van der Waals surface area contributed by atoms with E-state index in [2.05, 4.69) is 15.3 Å². The molecule has 0 bridgehead atoms. The van der Waals surface area contributed by atoms with Gasteiger partial charge in [-0.2, -0.15) is 5.10 Å². The van der Waals surface area contributed by atoms with Crippen LogP contribution in [0, 0.1) is 0 Å². The summed E-state index contributed by atoms with van der Waals surface area (Å²) in [5.74, 6) is 0. The molecule has 96 valence electrons. The summed E-state index contributed by atoms with van der Waals surface area (Å²) in [6.45, 7) is 4.15. The molecule has 0 saturated carbocycles. The van der Waals surface area contributed by atoms with E-state index >= 15 is 0 Å². The van der Waals surface area contributed by atoms with Gasteiger partial charge in [0.1, 0.15) is 5.02 Å². The lowest BCUT2D eigenvalue weighted by Crippen LogP contribution is -2.24. The molecule has 1 N–H and O–H groups in total. The first-order valence-corrected chi connectivity index (χ1v) is 6.08. The molecule has 5 nitrogen and oxygen atoms in total. The molecule has 0 aliphatic rings. The second-order valence-corrected chi connectivity index (χ2v) is 4.45. The molecular formula is C11H19ClN4O. The van der Waals surface area contributed by atoms with E-state index in [1.165, 1.54) is 4.68 Å². The van der Waals surface area contributed by atoms with Gasteiger partial charge in [-0.05, 0) is 34.0 Å². The summed E-state index contributed by atoms with van der Waals surface area (Å²) in [5.41, 5.74) is 0.367. The van der Waals surface area contributed by atoms with E-state index in [0.717, 1.165) is 19.5 Å². The summed E-state index contributed by atoms with van der Waals surface area (Å²) in [4.78, 5) is 13.8. The number of hydrogen-bond acceptors (Lipinski definition) is 4. The number of aromatic nitrogens is 2. The van der Waals surface area contributed by atoms with Gasteiger partial charge >= 0.3 is 0 Å². The molecule has 0 unspecified atom stereocenters. The zero-order valence-electron chi connectivity index (χ0n) is 10.5. The van der Waals surface area contributed by atoms with Crippen LogP contribution in [0.4, 0.5) is 5.69 Å². The summed E-state index contributed by atoms with van der Waals surface area (Å²) in [7, 11) is 4.05. The molecule has 0 atom stereocenters. The summed E-state index contributed by atoms with van der Waals surface area (Å²) < 4.78 is 1.34. The van der Waals surface area contributed by atoms with Crippen LogP contribution in [-0.4, -0.2) is 41.9 Å². The Labute approximate surface area is 106 Å². The van der Waals surface area contributed by atoms with Crippen LogP contribution in [0.2, 0.25) is 5.02 Å². The van der Waals surface area contributed by atoms with Crippen molar-refractivity contribution in [3.05, 3.63) is 21.6 Å². The molecule has 0 aliphatic heterocycles. The standard InChI is InChI=1S/C11H19ClN4O/c1-4-16-11(17)10(12)9(8-14-16)13-6-5-7-15(2)3/h8,13H,4-7H2,1-3H3. The van der Waals surface area contributed by atoms with Gasteiger partial charge in [0.2, 0.25) is 0 Å². The highest BCUT2D eigenvalue weighted by molar-refractivity contribution is 6.32. The molecule has 0 saturated heterocycles. The SMILES string of the molecule is CCn1ncc(NCCCN(C)C)c(Cl)c1=O. The van der Waals surface area contributed by atoms with Gasteiger partial charge in [0, 0.05) is 13.1 Å². The fraction of sp³-hybridized carbons (Fsp3) is 0.636. The minimum Gasteiger partial charge on any atom is -0.382 e. The summed E-state index contributed by atoms with van der Waals surface area (Å²) in [6.07, 6.45) is 2.59. The van der Waals surface area contributed by atoms with Gasteiger partial charge in [0.15, 0.2) is 0 Å². The highest BCUT2D eigenvalue weighted by atomic mass is 35.5. The van der Waals surface area contributed by atoms with Gasteiger partial charge in [-0.3, -0.25) is 4.79 Å². The minimum atomic E-state index is -0.244. The molecule has 0 aromatic carbocycles. The Morgan fingerprint density at radius 3 is 2.82 bits per heavy atom. The summed E-state index contributed by atoms with van der Waals surface area (Å²) in [6, 6.07) is 0. The van der Waals surface area contributed by atoms with Crippen LogP contribution in [0.15, 0.2) is 11.0 Å². The molecule has 0 amide bonds. The first kappa shape index (κ1) is 14.0. The minimum absolute atomic E-state index is 0.215. The van der Waals surface area contributed by atoms with Crippen LogP contribution in [0.25, 0.3) is 0 Å². The van der Waals surface area contributed by atoms with Crippen molar-refractivity contribution in [3.63, 3.8) is 0 Å². The van der Waals surface area contributed by atoms with Crippen molar-refractivity contribution < 1.29 is 0 Å². The number of nitrogens with one attached hydrogen (secondary N) is 1. The Morgan fingerprint density at radius 2 is 2.24 bits per heavy atom. The molecule has 0 radical (unpaired) electrons. The lowest BCUT2D eigenvalue weighted by Gasteiger charge is -2.11. The predicted octanol–water partition coefficient (Wildman–Crippen LogP) is 1.28. The Morgan fingerprint density at radius 1 is 1.53 bits per heavy atom. The smallest absolute Gasteiger partial charge is 0.287 e. The third-order valence-corrected chi connectivity index (χ3v) is 2.75. The second-order valence-electron chi connectivity index (χ2n) is 4.08. The molecule has 17 heavy (non-hydrogen) atoms. The normalized spacial score (nSPS) is 10.9. The summed E-state index contributed by atoms with van der Waals surface area (Å²) in [5, 5.41) is 7.36. The molecule has 1 aromatic heterocycles. The molecule has 0 aliphatic carbocycles. The fourth-order valence-corrected chi connectivity index (χ4v) is 1.65.